The molecule has 0 aromatic carbocycles. The summed E-state index contributed by atoms with van der Waals surface area (Å²) in [6.07, 6.45) is 0. The highest BCUT2D eigenvalue weighted by Crippen LogP contribution is 2.10. The Morgan fingerprint density at radius 1 is 1.91 bits per heavy atom. The lowest BCUT2D eigenvalue weighted by atomic mass is 10.4. The summed E-state index contributed by atoms with van der Waals surface area (Å²) >= 11 is 1.51. The number of rotatable bonds is 2. The molecule has 5 heteroatoms. The van der Waals surface area contributed by atoms with Gasteiger partial charge in [0.25, 0.3) is 0 Å². The summed E-state index contributed by atoms with van der Waals surface area (Å²) < 4.78 is 0. The van der Waals surface area contributed by atoms with Crippen LogP contribution < -0.4 is 11.1 Å². The van der Waals surface area contributed by atoms with Gasteiger partial charge in [-0.15, -0.1) is 11.3 Å². The van der Waals surface area contributed by atoms with Crippen LogP contribution in [-0.4, -0.2) is 11.0 Å². The number of carbonyl (C=O) groups is 1. The number of nitrogens with one attached hydrogen (secondary N) is 1. The Morgan fingerprint density at radius 3 is 3.09 bits per heavy atom. The molecule has 3 N–H and O–H groups in total. The van der Waals surface area contributed by atoms with E-state index in [1.165, 1.54) is 11.3 Å². The Balaban J connectivity index is 2.51. The van der Waals surface area contributed by atoms with E-state index in [0.717, 1.165) is 10.6 Å². The normalized spacial score (nSPS) is 9.55. The number of thiazole rings is 1. The Kier molecular flexibility index (Phi) is 2.43. The van der Waals surface area contributed by atoms with Crippen molar-refractivity contribution in [3.05, 3.63) is 16.1 Å². The standard InChI is InChI=1S/C6H9N3OS/c1-4-5(11-3-9-4)2-8-6(7)10/h3H,2H2,1H3,(H3,7,8,10). The Hall–Kier alpha value is -1.10. The molecule has 60 valence electrons. The van der Waals surface area contributed by atoms with Gasteiger partial charge in [-0.1, -0.05) is 0 Å². The smallest absolute Gasteiger partial charge is 0.312 e. The zero-order chi connectivity index (χ0) is 8.27. The predicted molar refractivity (Wildman–Crippen MR) is 43.3 cm³/mol. The summed E-state index contributed by atoms with van der Waals surface area (Å²) in [4.78, 5) is 15.4. The van der Waals surface area contributed by atoms with Gasteiger partial charge in [-0.25, -0.2) is 9.78 Å². The second kappa shape index (κ2) is 3.34. The van der Waals surface area contributed by atoms with Crippen LogP contribution >= 0.6 is 11.3 Å². The Bertz CT molecular complexity index is 258. The second-order valence-electron chi connectivity index (χ2n) is 2.08. The first-order chi connectivity index (χ1) is 5.20. The molecule has 2 amide bonds. The van der Waals surface area contributed by atoms with Crippen LogP contribution in [0.25, 0.3) is 0 Å². The van der Waals surface area contributed by atoms with Gasteiger partial charge in [0.15, 0.2) is 0 Å². The van der Waals surface area contributed by atoms with E-state index in [0.29, 0.717) is 6.54 Å². The van der Waals surface area contributed by atoms with Gasteiger partial charge in [0.05, 0.1) is 17.7 Å². The molecule has 4 nitrogen and oxygen atoms in total. The number of nitrogens with zero attached hydrogens (tertiary/aromatic N) is 1. The van der Waals surface area contributed by atoms with E-state index < -0.39 is 6.03 Å². The predicted octanol–water partition coefficient (Wildman–Crippen LogP) is 0.620. The van der Waals surface area contributed by atoms with Crippen LogP contribution in [0.1, 0.15) is 10.6 Å². The van der Waals surface area contributed by atoms with Crippen molar-refractivity contribution in [2.45, 2.75) is 13.5 Å². The fourth-order valence-electron chi connectivity index (χ4n) is 0.663. The Morgan fingerprint density at radius 2 is 2.64 bits per heavy atom. The van der Waals surface area contributed by atoms with Crippen LogP contribution in [0.3, 0.4) is 0 Å². The van der Waals surface area contributed by atoms with Crippen LogP contribution in [-0.2, 0) is 6.54 Å². The third kappa shape index (κ3) is 2.19. The lowest BCUT2D eigenvalue weighted by Gasteiger charge is -1.97. The lowest BCUT2D eigenvalue weighted by molar-refractivity contribution is 0.248. The molecule has 0 spiro atoms. The maximum atomic E-state index is 10.3. The summed E-state index contributed by atoms with van der Waals surface area (Å²) in [5.41, 5.74) is 7.58. The van der Waals surface area contributed by atoms with Gasteiger partial charge >= 0.3 is 6.03 Å². The molecule has 0 aliphatic rings. The van der Waals surface area contributed by atoms with Crippen LogP contribution in [0, 0.1) is 6.92 Å². The topological polar surface area (TPSA) is 68.0 Å². The van der Waals surface area contributed by atoms with Crippen molar-refractivity contribution in [1.82, 2.24) is 10.3 Å². The number of urea groups is 1. The molecule has 1 rings (SSSR count). The average Bonchev–Trinajstić information content (AvgIpc) is 2.31. The molecular weight excluding hydrogens is 162 g/mol. The minimum absolute atomic E-state index is 0.478. The summed E-state index contributed by atoms with van der Waals surface area (Å²) in [6, 6.07) is -0.502. The summed E-state index contributed by atoms with van der Waals surface area (Å²) in [5, 5.41) is 2.50. The van der Waals surface area contributed by atoms with Gasteiger partial charge in [-0.3, -0.25) is 0 Å². The SMILES string of the molecule is Cc1ncsc1CNC(N)=O. The van der Waals surface area contributed by atoms with E-state index >= 15 is 0 Å². The molecule has 1 aromatic rings. The first kappa shape index (κ1) is 8.00. The Labute approximate surface area is 68.4 Å². The molecule has 0 unspecified atom stereocenters. The van der Waals surface area contributed by atoms with Crippen molar-refractivity contribution in [2.75, 3.05) is 0 Å². The summed E-state index contributed by atoms with van der Waals surface area (Å²) in [7, 11) is 0. The molecule has 0 radical (unpaired) electrons. The molecule has 0 aliphatic carbocycles. The van der Waals surface area contributed by atoms with Crippen LogP contribution in [0.4, 0.5) is 4.79 Å². The highest BCUT2D eigenvalue weighted by atomic mass is 32.1. The molecule has 0 saturated heterocycles. The zero-order valence-corrected chi connectivity index (χ0v) is 6.94. The minimum atomic E-state index is -0.502. The third-order valence-corrected chi connectivity index (χ3v) is 2.20. The lowest BCUT2D eigenvalue weighted by Crippen LogP contribution is -2.28. The maximum absolute atomic E-state index is 10.3. The zero-order valence-electron chi connectivity index (χ0n) is 6.13. The van der Waals surface area contributed by atoms with Gasteiger partial charge in [0, 0.05) is 4.88 Å². The van der Waals surface area contributed by atoms with Gasteiger partial charge in [0.1, 0.15) is 0 Å². The number of hydrogen-bond acceptors (Lipinski definition) is 3. The second-order valence-corrected chi connectivity index (χ2v) is 3.02. The highest BCUT2D eigenvalue weighted by molar-refractivity contribution is 7.09. The van der Waals surface area contributed by atoms with Gasteiger partial charge in [-0.2, -0.15) is 0 Å². The van der Waals surface area contributed by atoms with Crippen LogP contribution in [0.15, 0.2) is 5.51 Å². The van der Waals surface area contributed by atoms with E-state index in [2.05, 4.69) is 10.3 Å². The summed E-state index contributed by atoms with van der Waals surface area (Å²) in [6.45, 7) is 2.38. The van der Waals surface area contributed by atoms with Crippen molar-refractivity contribution in [3.63, 3.8) is 0 Å². The largest absolute Gasteiger partial charge is 0.352 e. The van der Waals surface area contributed by atoms with Crippen LogP contribution in [0.5, 0.6) is 0 Å². The number of aromatic nitrogens is 1. The van der Waals surface area contributed by atoms with E-state index in [9.17, 15) is 4.79 Å². The van der Waals surface area contributed by atoms with Crippen LogP contribution in [0.2, 0.25) is 0 Å². The number of aryl methyl sites for hydroxylation is 1. The van der Waals surface area contributed by atoms with E-state index in [4.69, 9.17) is 5.73 Å². The van der Waals surface area contributed by atoms with Gasteiger partial charge < -0.3 is 11.1 Å². The fraction of sp³-hybridized carbons (Fsp3) is 0.333. The molecule has 0 saturated carbocycles. The number of hydrogen-bond donors (Lipinski definition) is 2. The molecule has 1 aromatic heterocycles. The maximum Gasteiger partial charge on any atom is 0.312 e. The van der Waals surface area contributed by atoms with E-state index in [1.54, 1.807) is 5.51 Å². The van der Waals surface area contributed by atoms with Gasteiger partial charge in [-0.05, 0) is 6.92 Å². The number of carbonyl (C=O) groups excluding carboxylic acids is 1. The molecule has 0 atom stereocenters. The molecule has 11 heavy (non-hydrogen) atoms. The van der Waals surface area contributed by atoms with Crippen molar-refractivity contribution in [2.24, 2.45) is 5.73 Å². The number of primary amides is 1. The fourth-order valence-corrected chi connectivity index (χ4v) is 1.38. The molecule has 0 bridgehead atoms. The van der Waals surface area contributed by atoms with E-state index in [-0.39, 0.29) is 0 Å². The van der Waals surface area contributed by atoms with Crippen molar-refractivity contribution in [1.29, 1.82) is 0 Å². The van der Waals surface area contributed by atoms with Crippen molar-refractivity contribution in [3.8, 4) is 0 Å². The first-order valence-electron chi connectivity index (χ1n) is 3.12. The number of nitrogens with two attached hydrogens (primary N) is 1. The third-order valence-electron chi connectivity index (χ3n) is 1.27. The van der Waals surface area contributed by atoms with Gasteiger partial charge in [0.2, 0.25) is 0 Å². The molecule has 0 aliphatic heterocycles. The average molecular weight is 171 g/mol. The molecular formula is C6H9N3OS. The minimum Gasteiger partial charge on any atom is -0.352 e. The van der Waals surface area contributed by atoms with E-state index in [1.807, 2.05) is 6.92 Å². The van der Waals surface area contributed by atoms with Crippen molar-refractivity contribution >= 4 is 17.4 Å². The molecule has 1 heterocycles. The van der Waals surface area contributed by atoms with Crippen molar-refractivity contribution < 1.29 is 4.79 Å². The quantitative estimate of drug-likeness (QED) is 0.685. The number of amides is 2. The summed E-state index contributed by atoms with van der Waals surface area (Å²) in [5.74, 6) is 0. The highest BCUT2D eigenvalue weighted by Gasteiger charge is 2.00. The monoisotopic (exact) mass is 171 g/mol. The molecule has 0 fully saturated rings. The first-order valence-corrected chi connectivity index (χ1v) is 4.00.